The number of carbonyl (C=O) groups is 2. The van der Waals surface area contributed by atoms with E-state index in [0.717, 1.165) is 58.4 Å². The molecule has 0 bridgehead atoms. The molecule has 244 valence electrons. The Balaban J connectivity index is 1.10. The van der Waals surface area contributed by atoms with Gasteiger partial charge in [0.15, 0.2) is 5.13 Å². The molecule has 1 fully saturated rings. The van der Waals surface area contributed by atoms with E-state index < -0.39 is 0 Å². The second-order valence-corrected chi connectivity index (χ2v) is 14.0. The lowest BCUT2D eigenvalue weighted by Gasteiger charge is -2.22. The summed E-state index contributed by atoms with van der Waals surface area (Å²) in [6, 6.07) is 22.8. The Labute approximate surface area is 278 Å². The van der Waals surface area contributed by atoms with Crippen LogP contribution in [0.2, 0.25) is 0 Å². The number of rotatable bonds is 8. The first-order valence-electron chi connectivity index (χ1n) is 16.1. The minimum absolute atomic E-state index is 0.192. The molecule has 2 aromatic heterocycles. The molecule has 5 aromatic rings. The van der Waals surface area contributed by atoms with E-state index in [1.807, 2.05) is 79.7 Å². The SMILES string of the molecule is Cc1ccc(-n2nc(C(C)(C)C)cc2NC(=O)NCc2ccccc2Oc2ccc3nc(NC(=O)NC4CCCCC4)sc3c2)cc1. The highest BCUT2D eigenvalue weighted by Gasteiger charge is 2.22. The summed E-state index contributed by atoms with van der Waals surface area (Å²) < 4.78 is 8.93. The number of hydrogen-bond acceptors (Lipinski definition) is 6. The third-order valence-electron chi connectivity index (χ3n) is 8.16. The fourth-order valence-corrected chi connectivity index (χ4v) is 6.41. The van der Waals surface area contributed by atoms with E-state index in [1.165, 1.54) is 17.8 Å². The molecule has 0 unspecified atom stereocenters. The molecule has 0 saturated heterocycles. The number of aromatic nitrogens is 3. The lowest BCUT2D eigenvalue weighted by molar-refractivity contribution is 0.244. The fraction of sp³-hybridized carbons (Fsp3) is 0.333. The number of nitrogens with zero attached hydrogens (tertiary/aromatic N) is 3. The molecular weight excluding hydrogens is 611 g/mol. The van der Waals surface area contributed by atoms with Crippen molar-refractivity contribution in [2.24, 2.45) is 0 Å². The first-order valence-corrected chi connectivity index (χ1v) is 16.9. The molecule has 0 spiro atoms. The maximum atomic E-state index is 13.1. The van der Waals surface area contributed by atoms with Crippen LogP contribution in [-0.4, -0.2) is 32.9 Å². The summed E-state index contributed by atoms with van der Waals surface area (Å²) in [6.07, 6.45) is 5.58. The number of nitrogens with one attached hydrogen (secondary N) is 4. The molecule has 1 aliphatic rings. The predicted molar refractivity (Wildman–Crippen MR) is 188 cm³/mol. The Hall–Kier alpha value is -4.90. The lowest BCUT2D eigenvalue weighted by Crippen LogP contribution is -2.38. The zero-order valence-electron chi connectivity index (χ0n) is 27.2. The molecule has 11 heteroatoms. The zero-order valence-corrected chi connectivity index (χ0v) is 28.0. The van der Waals surface area contributed by atoms with Crippen LogP contribution >= 0.6 is 11.3 Å². The molecule has 0 radical (unpaired) electrons. The zero-order chi connectivity index (χ0) is 33.0. The van der Waals surface area contributed by atoms with Crippen LogP contribution in [0.25, 0.3) is 15.9 Å². The number of hydrogen-bond donors (Lipinski definition) is 4. The maximum absolute atomic E-state index is 13.1. The van der Waals surface area contributed by atoms with Gasteiger partial charge in [-0.3, -0.25) is 10.6 Å². The summed E-state index contributed by atoms with van der Waals surface area (Å²) in [4.78, 5) is 30.2. The highest BCUT2D eigenvalue weighted by atomic mass is 32.1. The third-order valence-corrected chi connectivity index (χ3v) is 9.09. The topological polar surface area (TPSA) is 122 Å². The van der Waals surface area contributed by atoms with Crippen molar-refractivity contribution in [3.8, 4) is 17.2 Å². The quantitative estimate of drug-likeness (QED) is 0.134. The summed E-state index contributed by atoms with van der Waals surface area (Å²) >= 11 is 1.40. The van der Waals surface area contributed by atoms with Crippen molar-refractivity contribution >= 4 is 44.6 Å². The van der Waals surface area contributed by atoms with Crippen molar-refractivity contribution < 1.29 is 14.3 Å². The van der Waals surface area contributed by atoms with Crippen LogP contribution in [0.3, 0.4) is 0 Å². The highest BCUT2D eigenvalue weighted by Crippen LogP contribution is 2.33. The molecule has 47 heavy (non-hydrogen) atoms. The Bertz CT molecular complexity index is 1870. The second-order valence-electron chi connectivity index (χ2n) is 13.0. The molecule has 10 nitrogen and oxygen atoms in total. The van der Waals surface area contributed by atoms with Gasteiger partial charge in [0.05, 0.1) is 21.6 Å². The van der Waals surface area contributed by atoms with Gasteiger partial charge in [-0.05, 0) is 50.1 Å². The predicted octanol–water partition coefficient (Wildman–Crippen LogP) is 8.66. The fourth-order valence-electron chi connectivity index (χ4n) is 5.52. The second kappa shape index (κ2) is 13.8. The molecule has 1 aliphatic carbocycles. The van der Waals surface area contributed by atoms with Crippen molar-refractivity contribution in [3.63, 3.8) is 0 Å². The molecule has 0 atom stereocenters. The van der Waals surface area contributed by atoms with Gasteiger partial charge in [-0.2, -0.15) is 5.10 Å². The Morgan fingerprint density at radius 3 is 2.47 bits per heavy atom. The first-order chi connectivity index (χ1) is 22.6. The minimum atomic E-state index is -0.354. The van der Waals surface area contributed by atoms with E-state index in [0.29, 0.717) is 22.4 Å². The van der Waals surface area contributed by atoms with Crippen LogP contribution in [0.15, 0.2) is 72.8 Å². The molecule has 3 aromatic carbocycles. The number of aryl methyl sites for hydroxylation is 1. The van der Waals surface area contributed by atoms with Crippen LogP contribution < -0.4 is 26.0 Å². The molecule has 0 aliphatic heterocycles. The molecular formula is C36H41N7O3S. The van der Waals surface area contributed by atoms with Crippen LogP contribution in [0.4, 0.5) is 20.5 Å². The minimum Gasteiger partial charge on any atom is -0.457 e. The van der Waals surface area contributed by atoms with Gasteiger partial charge < -0.3 is 15.4 Å². The van der Waals surface area contributed by atoms with Gasteiger partial charge in [0.25, 0.3) is 0 Å². The molecule has 2 heterocycles. The summed E-state index contributed by atoms with van der Waals surface area (Å²) in [5, 5.41) is 17.2. The summed E-state index contributed by atoms with van der Waals surface area (Å²) in [5.41, 5.74) is 4.28. The van der Waals surface area contributed by atoms with Gasteiger partial charge in [0, 0.05) is 35.7 Å². The molecule has 1 saturated carbocycles. The molecule has 6 rings (SSSR count). The average molecular weight is 652 g/mol. The van der Waals surface area contributed by atoms with Gasteiger partial charge in [0.1, 0.15) is 17.3 Å². The van der Waals surface area contributed by atoms with Crippen LogP contribution in [0.5, 0.6) is 11.5 Å². The lowest BCUT2D eigenvalue weighted by atomic mass is 9.92. The first kappa shape index (κ1) is 32.1. The molecule has 4 N–H and O–H groups in total. The van der Waals surface area contributed by atoms with Gasteiger partial charge in [-0.15, -0.1) is 0 Å². The molecule has 4 amide bonds. The summed E-state index contributed by atoms with van der Waals surface area (Å²) in [5.74, 6) is 1.84. The normalized spacial score (nSPS) is 13.7. The van der Waals surface area contributed by atoms with Gasteiger partial charge in [-0.1, -0.05) is 87.3 Å². The van der Waals surface area contributed by atoms with Crippen LogP contribution in [0, 0.1) is 6.92 Å². The third kappa shape index (κ3) is 8.10. The van der Waals surface area contributed by atoms with E-state index in [1.54, 1.807) is 4.68 Å². The van der Waals surface area contributed by atoms with Crippen molar-refractivity contribution in [2.75, 3.05) is 10.6 Å². The van der Waals surface area contributed by atoms with E-state index >= 15 is 0 Å². The van der Waals surface area contributed by atoms with Crippen molar-refractivity contribution in [2.45, 2.75) is 77.8 Å². The summed E-state index contributed by atoms with van der Waals surface area (Å²) in [6.45, 7) is 8.56. The number of amides is 4. The largest absolute Gasteiger partial charge is 0.457 e. The maximum Gasteiger partial charge on any atom is 0.321 e. The van der Waals surface area contributed by atoms with Gasteiger partial charge in [-0.25, -0.2) is 19.3 Å². The van der Waals surface area contributed by atoms with Crippen molar-refractivity contribution in [1.82, 2.24) is 25.4 Å². The smallest absolute Gasteiger partial charge is 0.321 e. The van der Waals surface area contributed by atoms with E-state index in [2.05, 4.69) is 47.0 Å². The monoisotopic (exact) mass is 651 g/mol. The van der Waals surface area contributed by atoms with E-state index in [4.69, 9.17) is 9.84 Å². The summed E-state index contributed by atoms with van der Waals surface area (Å²) in [7, 11) is 0. The van der Waals surface area contributed by atoms with Crippen LogP contribution in [0.1, 0.15) is 69.7 Å². The van der Waals surface area contributed by atoms with E-state index in [9.17, 15) is 9.59 Å². The number of thiazole rings is 1. The number of carbonyl (C=O) groups excluding carboxylic acids is 2. The van der Waals surface area contributed by atoms with Gasteiger partial charge in [0.2, 0.25) is 0 Å². The number of urea groups is 2. The number of ether oxygens (including phenoxy) is 1. The Morgan fingerprint density at radius 1 is 0.936 bits per heavy atom. The van der Waals surface area contributed by atoms with E-state index in [-0.39, 0.29) is 30.1 Å². The Morgan fingerprint density at radius 2 is 1.70 bits per heavy atom. The van der Waals surface area contributed by atoms with Crippen LogP contribution in [-0.2, 0) is 12.0 Å². The number of para-hydroxylation sites is 1. The Kier molecular flexibility index (Phi) is 9.44. The van der Waals surface area contributed by atoms with Gasteiger partial charge >= 0.3 is 12.1 Å². The number of benzene rings is 3. The number of anilines is 2. The van der Waals surface area contributed by atoms with Crippen molar-refractivity contribution in [3.05, 3.63) is 89.6 Å². The standard InChI is InChI=1S/C36H41N7O3S/c1-23-14-16-26(17-15-23)43-32(21-31(42-43)36(2,3)4)40-33(44)37-22-24-10-8-9-13-29(24)46-27-18-19-28-30(20-27)47-35(39-28)41-34(45)38-25-11-6-5-7-12-25/h8-10,13-21,25H,5-7,11-12,22H2,1-4H3,(H2,37,40,44)(H2,38,39,41,45). The highest BCUT2D eigenvalue weighted by molar-refractivity contribution is 7.22. The van der Waals surface area contributed by atoms with Crippen molar-refractivity contribution in [1.29, 1.82) is 0 Å². The average Bonchev–Trinajstić information content (AvgIpc) is 3.65. The number of fused-ring (bicyclic) bond motifs is 1.